The quantitative estimate of drug-likeness (QED) is 0.676. The number of hydrogen-bond acceptors (Lipinski definition) is 4. The molecule has 0 spiro atoms. The minimum Gasteiger partial charge on any atom is -0.497 e. The van der Waals surface area contributed by atoms with Gasteiger partial charge in [0.25, 0.3) is 5.91 Å². The first-order valence-electron chi connectivity index (χ1n) is 5.73. The molecular weight excluding hydrogens is 244 g/mol. The van der Waals surface area contributed by atoms with Gasteiger partial charge in [-0.2, -0.15) is 5.10 Å². The summed E-state index contributed by atoms with van der Waals surface area (Å²) < 4.78 is 10.2. The summed E-state index contributed by atoms with van der Waals surface area (Å²) >= 11 is 0. The lowest BCUT2D eigenvalue weighted by Gasteiger charge is -2.03. The van der Waals surface area contributed by atoms with Crippen molar-refractivity contribution in [1.82, 2.24) is 5.43 Å². The Kier molecular flexibility index (Phi) is 3.97. The Balaban J connectivity index is 2.02. The summed E-state index contributed by atoms with van der Waals surface area (Å²) in [4.78, 5) is 11.8. The van der Waals surface area contributed by atoms with Crippen LogP contribution in [0.2, 0.25) is 0 Å². The van der Waals surface area contributed by atoms with Crippen molar-refractivity contribution in [3.8, 4) is 5.75 Å². The lowest BCUT2D eigenvalue weighted by Crippen LogP contribution is -2.19. The standard InChI is InChI=1S/C14H14N2O3/c1-10(13-4-3-9-19-13)15-16-14(17)11-5-7-12(18-2)8-6-11/h3-9H,1-2H3,(H,16,17)/b15-10+. The van der Waals surface area contributed by atoms with Crippen molar-refractivity contribution in [3.63, 3.8) is 0 Å². The third-order valence-electron chi connectivity index (χ3n) is 2.56. The fraction of sp³-hybridized carbons (Fsp3) is 0.143. The Bertz CT molecular complexity index is 571. The molecule has 0 saturated heterocycles. The van der Waals surface area contributed by atoms with E-state index in [0.29, 0.717) is 22.8 Å². The summed E-state index contributed by atoms with van der Waals surface area (Å²) in [5.74, 6) is 1.04. The third-order valence-corrected chi connectivity index (χ3v) is 2.56. The van der Waals surface area contributed by atoms with Crippen LogP contribution < -0.4 is 10.2 Å². The van der Waals surface area contributed by atoms with Gasteiger partial charge in [-0.25, -0.2) is 5.43 Å². The number of furan rings is 1. The molecule has 0 fully saturated rings. The first-order chi connectivity index (χ1) is 9.20. The second-order valence-corrected chi connectivity index (χ2v) is 3.84. The lowest BCUT2D eigenvalue weighted by atomic mass is 10.2. The zero-order chi connectivity index (χ0) is 13.7. The summed E-state index contributed by atoms with van der Waals surface area (Å²) in [5.41, 5.74) is 3.59. The van der Waals surface area contributed by atoms with E-state index in [4.69, 9.17) is 9.15 Å². The van der Waals surface area contributed by atoms with Crippen LogP contribution in [0.15, 0.2) is 52.2 Å². The highest BCUT2D eigenvalue weighted by atomic mass is 16.5. The molecule has 0 atom stereocenters. The second-order valence-electron chi connectivity index (χ2n) is 3.84. The fourth-order valence-corrected chi connectivity index (χ4v) is 1.48. The van der Waals surface area contributed by atoms with E-state index in [1.807, 2.05) is 0 Å². The lowest BCUT2D eigenvalue weighted by molar-refractivity contribution is 0.0955. The van der Waals surface area contributed by atoms with Crippen molar-refractivity contribution >= 4 is 11.6 Å². The normalized spacial score (nSPS) is 11.2. The molecule has 5 nitrogen and oxygen atoms in total. The summed E-state index contributed by atoms with van der Waals surface area (Å²) in [7, 11) is 1.58. The molecule has 19 heavy (non-hydrogen) atoms. The van der Waals surface area contributed by atoms with Crippen molar-refractivity contribution in [2.45, 2.75) is 6.92 Å². The Morgan fingerprint density at radius 1 is 1.26 bits per heavy atom. The van der Waals surface area contributed by atoms with Gasteiger partial charge in [0.2, 0.25) is 0 Å². The Hall–Kier alpha value is -2.56. The van der Waals surface area contributed by atoms with Gasteiger partial charge < -0.3 is 9.15 Å². The van der Waals surface area contributed by atoms with Gasteiger partial charge in [0.15, 0.2) is 0 Å². The predicted octanol–water partition coefficient (Wildman–Crippen LogP) is 2.44. The van der Waals surface area contributed by atoms with Crippen LogP contribution in [-0.4, -0.2) is 18.7 Å². The van der Waals surface area contributed by atoms with E-state index in [1.54, 1.807) is 56.7 Å². The molecule has 0 unspecified atom stereocenters. The van der Waals surface area contributed by atoms with Crippen LogP contribution in [0.1, 0.15) is 23.0 Å². The number of hydrazone groups is 1. The maximum Gasteiger partial charge on any atom is 0.271 e. The van der Waals surface area contributed by atoms with Gasteiger partial charge in [-0.15, -0.1) is 0 Å². The smallest absolute Gasteiger partial charge is 0.271 e. The molecule has 5 heteroatoms. The summed E-state index contributed by atoms with van der Waals surface area (Å²) in [6, 6.07) is 10.3. The maximum absolute atomic E-state index is 11.8. The zero-order valence-electron chi connectivity index (χ0n) is 10.7. The molecule has 2 rings (SSSR count). The molecule has 0 aliphatic heterocycles. The largest absolute Gasteiger partial charge is 0.497 e. The molecular formula is C14H14N2O3. The first-order valence-corrected chi connectivity index (χ1v) is 5.73. The number of carbonyl (C=O) groups is 1. The van der Waals surface area contributed by atoms with E-state index in [1.165, 1.54) is 0 Å². The highest BCUT2D eigenvalue weighted by Gasteiger charge is 2.05. The average Bonchev–Trinajstić information content (AvgIpc) is 2.98. The van der Waals surface area contributed by atoms with E-state index in [2.05, 4.69) is 10.5 Å². The summed E-state index contributed by atoms with van der Waals surface area (Å²) in [6.45, 7) is 1.76. The summed E-state index contributed by atoms with van der Waals surface area (Å²) in [6.07, 6.45) is 1.56. The van der Waals surface area contributed by atoms with Gasteiger partial charge >= 0.3 is 0 Å². The van der Waals surface area contributed by atoms with Crippen LogP contribution in [0.4, 0.5) is 0 Å². The molecule has 0 radical (unpaired) electrons. The predicted molar refractivity (Wildman–Crippen MR) is 71.4 cm³/mol. The number of benzene rings is 1. The molecule has 1 aromatic carbocycles. The minimum atomic E-state index is -0.284. The number of rotatable bonds is 4. The molecule has 98 valence electrons. The molecule has 0 saturated carbocycles. The van der Waals surface area contributed by atoms with E-state index in [9.17, 15) is 4.79 Å². The number of carbonyl (C=O) groups excluding carboxylic acids is 1. The SMILES string of the molecule is COc1ccc(C(=O)N/N=C(\C)c2ccco2)cc1. The van der Waals surface area contributed by atoms with Crippen molar-refractivity contribution in [2.75, 3.05) is 7.11 Å². The molecule has 1 aromatic heterocycles. The highest BCUT2D eigenvalue weighted by molar-refractivity contribution is 5.99. The maximum atomic E-state index is 11.8. The van der Waals surface area contributed by atoms with E-state index < -0.39 is 0 Å². The van der Waals surface area contributed by atoms with Gasteiger partial charge in [0.1, 0.15) is 17.2 Å². The number of ether oxygens (including phenoxy) is 1. The van der Waals surface area contributed by atoms with E-state index in [0.717, 1.165) is 0 Å². The average molecular weight is 258 g/mol. The summed E-state index contributed by atoms with van der Waals surface area (Å²) in [5, 5.41) is 3.98. The van der Waals surface area contributed by atoms with Gasteiger partial charge in [-0.05, 0) is 43.3 Å². The van der Waals surface area contributed by atoms with Gasteiger partial charge in [0.05, 0.1) is 13.4 Å². The molecule has 1 amide bonds. The first kappa shape index (κ1) is 12.9. The zero-order valence-corrected chi connectivity index (χ0v) is 10.7. The van der Waals surface area contributed by atoms with E-state index >= 15 is 0 Å². The van der Waals surface area contributed by atoms with Crippen LogP contribution in [0.25, 0.3) is 0 Å². The number of amides is 1. The third kappa shape index (κ3) is 3.22. The molecule has 1 N–H and O–H groups in total. The molecule has 2 aromatic rings. The fourth-order valence-electron chi connectivity index (χ4n) is 1.48. The minimum absolute atomic E-state index is 0.284. The van der Waals surface area contributed by atoms with Crippen LogP contribution in [0.3, 0.4) is 0 Å². The van der Waals surface area contributed by atoms with Gasteiger partial charge in [-0.1, -0.05) is 0 Å². The van der Waals surface area contributed by atoms with Crippen LogP contribution in [-0.2, 0) is 0 Å². The number of nitrogens with one attached hydrogen (secondary N) is 1. The molecule has 1 heterocycles. The topological polar surface area (TPSA) is 63.8 Å². The molecule has 0 aliphatic carbocycles. The monoisotopic (exact) mass is 258 g/mol. The Morgan fingerprint density at radius 3 is 2.58 bits per heavy atom. The Morgan fingerprint density at radius 2 is 2.00 bits per heavy atom. The molecule has 0 bridgehead atoms. The van der Waals surface area contributed by atoms with Crippen LogP contribution >= 0.6 is 0 Å². The number of hydrogen-bond donors (Lipinski definition) is 1. The van der Waals surface area contributed by atoms with Gasteiger partial charge in [0, 0.05) is 5.56 Å². The number of methoxy groups -OCH3 is 1. The van der Waals surface area contributed by atoms with Crippen molar-refractivity contribution < 1.29 is 13.9 Å². The van der Waals surface area contributed by atoms with Crippen molar-refractivity contribution in [3.05, 3.63) is 54.0 Å². The highest BCUT2D eigenvalue weighted by Crippen LogP contribution is 2.11. The second kappa shape index (κ2) is 5.86. The van der Waals surface area contributed by atoms with Crippen molar-refractivity contribution in [1.29, 1.82) is 0 Å². The van der Waals surface area contributed by atoms with Gasteiger partial charge in [-0.3, -0.25) is 4.79 Å². The van der Waals surface area contributed by atoms with Crippen LogP contribution in [0, 0.1) is 0 Å². The van der Waals surface area contributed by atoms with E-state index in [-0.39, 0.29) is 5.91 Å². The van der Waals surface area contributed by atoms with Crippen molar-refractivity contribution in [2.24, 2.45) is 5.10 Å². The van der Waals surface area contributed by atoms with Crippen LogP contribution in [0.5, 0.6) is 5.75 Å². The number of nitrogens with zero attached hydrogens (tertiary/aromatic N) is 1. The Labute approximate surface area is 110 Å². The molecule has 0 aliphatic rings.